The molecule has 28 heavy (non-hydrogen) atoms. The highest BCUT2D eigenvalue weighted by Crippen LogP contribution is 2.19. The Morgan fingerprint density at radius 1 is 0.929 bits per heavy atom. The van der Waals surface area contributed by atoms with Crippen molar-refractivity contribution in [2.24, 2.45) is 0 Å². The number of sulfonamides is 2. The molecule has 7 nitrogen and oxygen atoms in total. The van der Waals surface area contributed by atoms with Crippen molar-refractivity contribution in [1.82, 2.24) is 4.31 Å². The molecule has 0 atom stereocenters. The summed E-state index contributed by atoms with van der Waals surface area (Å²) in [6, 6.07) is 14.9. The molecule has 9 heteroatoms. The standard InChI is InChI=1S/C19H23N3O4S2/c1-21-12-14-22(15-13-21)28(25,26)19-9-7-18(8-10-19)20-27(23,24)16-11-17-5-3-2-4-6-17/h2-11,16,20H,12-15H2,1H3/p+1/b16-11+. The zero-order chi connectivity index (χ0) is 20.2. The molecular weight excluding hydrogens is 398 g/mol. The summed E-state index contributed by atoms with van der Waals surface area (Å²) in [6.07, 6.45) is 1.50. The van der Waals surface area contributed by atoms with Crippen molar-refractivity contribution in [2.45, 2.75) is 4.90 Å². The minimum atomic E-state index is -3.70. The maximum Gasteiger partial charge on any atom is 0.255 e. The minimum Gasteiger partial charge on any atom is -0.335 e. The van der Waals surface area contributed by atoms with Gasteiger partial charge in [-0.15, -0.1) is 0 Å². The molecule has 0 amide bonds. The van der Waals surface area contributed by atoms with Gasteiger partial charge in [-0.1, -0.05) is 30.3 Å². The summed E-state index contributed by atoms with van der Waals surface area (Å²) >= 11 is 0. The Labute approximate surface area is 166 Å². The molecule has 0 aromatic heterocycles. The van der Waals surface area contributed by atoms with Crippen LogP contribution in [0.5, 0.6) is 0 Å². The number of rotatable bonds is 6. The second-order valence-corrected chi connectivity index (χ2v) is 10.3. The van der Waals surface area contributed by atoms with Crippen LogP contribution in [-0.2, 0) is 20.0 Å². The fourth-order valence-corrected chi connectivity index (χ4v) is 5.19. The van der Waals surface area contributed by atoms with Gasteiger partial charge in [0, 0.05) is 5.69 Å². The highest BCUT2D eigenvalue weighted by atomic mass is 32.2. The van der Waals surface area contributed by atoms with Crippen molar-refractivity contribution < 1.29 is 21.7 Å². The third-order valence-corrected chi connectivity index (χ3v) is 7.49. The number of nitrogens with one attached hydrogen (secondary N) is 2. The van der Waals surface area contributed by atoms with E-state index in [4.69, 9.17) is 0 Å². The van der Waals surface area contributed by atoms with Crippen LogP contribution >= 0.6 is 0 Å². The monoisotopic (exact) mass is 422 g/mol. The number of quaternary nitrogens is 1. The molecule has 0 saturated carbocycles. The Morgan fingerprint density at radius 3 is 2.14 bits per heavy atom. The van der Waals surface area contributed by atoms with Gasteiger partial charge in [-0.2, -0.15) is 4.31 Å². The van der Waals surface area contributed by atoms with E-state index in [1.165, 1.54) is 39.5 Å². The third kappa shape index (κ3) is 5.20. The average Bonchev–Trinajstić information content (AvgIpc) is 2.68. The maximum atomic E-state index is 12.7. The van der Waals surface area contributed by atoms with Gasteiger partial charge in [0.2, 0.25) is 10.0 Å². The fourth-order valence-electron chi connectivity index (χ4n) is 2.88. The van der Waals surface area contributed by atoms with Gasteiger partial charge in [-0.3, -0.25) is 4.72 Å². The largest absolute Gasteiger partial charge is 0.335 e. The van der Waals surface area contributed by atoms with E-state index < -0.39 is 20.0 Å². The van der Waals surface area contributed by atoms with E-state index in [0.717, 1.165) is 24.1 Å². The van der Waals surface area contributed by atoms with Crippen molar-refractivity contribution in [2.75, 3.05) is 37.9 Å². The predicted octanol–water partition coefficient (Wildman–Crippen LogP) is 0.618. The van der Waals surface area contributed by atoms with Gasteiger partial charge in [0.15, 0.2) is 0 Å². The maximum absolute atomic E-state index is 12.7. The number of hydrogen-bond donors (Lipinski definition) is 2. The van der Waals surface area contributed by atoms with E-state index >= 15 is 0 Å². The van der Waals surface area contributed by atoms with E-state index in [1.54, 1.807) is 12.1 Å². The van der Waals surface area contributed by atoms with Crippen molar-refractivity contribution in [3.05, 3.63) is 65.6 Å². The molecule has 2 N–H and O–H groups in total. The van der Waals surface area contributed by atoms with Crippen molar-refractivity contribution in [1.29, 1.82) is 0 Å². The predicted molar refractivity (Wildman–Crippen MR) is 110 cm³/mol. The summed E-state index contributed by atoms with van der Waals surface area (Å²) in [5, 5.41) is 1.08. The van der Waals surface area contributed by atoms with Crippen molar-refractivity contribution in [3.63, 3.8) is 0 Å². The smallest absolute Gasteiger partial charge is 0.255 e. The van der Waals surface area contributed by atoms with Gasteiger partial charge in [0.25, 0.3) is 10.0 Å². The molecule has 1 saturated heterocycles. The molecule has 0 radical (unpaired) electrons. The highest BCUT2D eigenvalue weighted by Gasteiger charge is 2.29. The number of anilines is 1. The van der Waals surface area contributed by atoms with Crippen molar-refractivity contribution >= 4 is 31.8 Å². The third-order valence-electron chi connectivity index (χ3n) is 4.57. The van der Waals surface area contributed by atoms with E-state index in [1.807, 2.05) is 25.2 Å². The second-order valence-electron chi connectivity index (χ2n) is 6.75. The Bertz CT molecular complexity index is 1030. The van der Waals surface area contributed by atoms with Crippen LogP contribution in [0.4, 0.5) is 5.69 Å². The molecule has 0 unspecified atom stereocenters. The van der Waals surface area contributed by atoms with Gasteiger partial charge >= 0.3 is 0 Å². The molecule has 1 fully saturated rings. The molecule has 2 aromatic carbocycles. The minimum absolute atomic E-state index is 0.162. The van der Waals surface area contributed by atoms with Gasteiger partial charge in [-0.05, 0) is 35.9 Å². The Kier molecular flexibility index (Phi) is 6.19. The number of benzene rings is 2. The van der Waals surface area contributed by atoms with Crippen LogP contribution in [-0.4, -0.2) is 54.4 Å². The SMILES string of the molecule is C[NH+]1CCN(S(=O)(=O)c2ccc(NS(=O)(=O)/C=C/c3ccccc3)cc2)CC1. The second kappa shape index (κ2) is 8.44. The summed E-state index contributed by atoms with van der Waals surface area (Å²) in [4.78, 5) is 1.47. The average molecular weight is 423 g/mol. The van der Waals surface area contributed by atoms with Crippen LogP contribution in [0, 0.1) is 0 Å². The van der Waals surface area contributed by atoms with Crippen LogP contribution < -0.4 is 9.62 Å². The summed E-state index contributed by atoms with van der Waals surface area (Å²) in [7, 11) is -5.23. The first-order valence-electron chi connectivity index (χ1n) is 8.94. The zero-order valence-corrected chi connectivity index (χ0v) is 17.2. The Hall–Kier alpha value is -2.20. The Morgan fingerprint density at radius 2 is 1.54 bits per heavy atom. The van der Waals surface area contributed by atoms with Gasteiger partial charge in [-0.25, -0.2) is 16.8 Å². The lowest BCUT2D eigenvalue weighted by Gasteiger charge is -2.29. The lowest BCUT2D eigenvalue weighted by molar-refractivity contribution is -0.883. The van der Waals surface area contributed by atoms with E-state index in [-0.39, 0.29) is 4.90 Å². The summed E-state index contributed by atoms with van der Waals surface area (Å²) in [5.74, 6) is 0. The summed E-state index contributed by atoms with van der Waals surface area (Å²) in [5.41, 5.74) is 1.07. The van der Waals surface area contributed by atoms with Crippen molar-refractivity contribution in [3.8, 4) is 0 Å². The van der Waals surface area contributed by atoms with Gasteiger partial charge in [0.1, 0.15) is 0 Å². The van der Waals surface area contributed by atoms with Gasteiger partial charge in [0.05, 0.1) is 43.5 Å². The number of likely N-dealkylation sites (N-methyl/N-ethyl adjacent to an activating group) is 1. The van der Waals surface area contributed by atoms with E-state index in [0.29, 0.717) is 18.8 Å². The summed E-state index contributed by atoms with van der Waals surface area (Å²) in [6.45, 7) is 2.50. The molecule has 0 spiro atoms. The molecule has 0 aliphatic carbocycles. The first-order valence-corrected chi connectivity index (χ1v) is 11.9. The molecule has 2 aromatic rings. The topological polar surface area (TPSA) is 88.0 Å². The summed E-state index contributed by atoms with van der Waals surface area (Å²) < 4.78 is 53.7. The van der Waals surface area contributed by atoms with Gasteiger partial charge < -0.3 is 4.90 Å². The van der Waals surface area contributed by atoms with Crippen LogP contribution in [0.15, 0.2) is 64.9 Å². The number of nitrogens with zero attached hydrogens (tertiary/aromatic N) is 1. The first-order chi connectivity index (χ1) is 13.3. The quantitative estimate of drug-likeness (QED) is 0.714. The highest BCUT2D eigenvalue weighted by molar-refractivity contribution is 7.95. The fraction of sp³-hybridized carbons (Fsp3) is 0.263. The van der Waals surface area contributed by atoms with Crippen LogP contribution in [0.25, 0.3) is 6.08 Å². The molecule has 1 aliphatic rings. The van der Waals surface area contributed by atoms with Crippen LogP contribution in [0.1, 0.15) is 5.56 Å². The number of hydrogen-bond acceptors (Lipinski definition) is 4. The lowest BCUT2D eigenvalue weighted by Crippen LogP contribution is -3.12. The van der Waals surface area contributed by atoms with Crippen LogP contribution in [0.3, 0.4) is 0 Å². The number of piperazine rings is 1. The molecule has 1 heterocycles. The normalized spacial score (nSPS) is 17.0. The lowest BCUT2D eigenvalue weighted by atomic mass is 10.2. The molecule has 150 valence electrons. The Balaban J connectivity index is 1.69. The molecule has 0 bridgehead atoms. The zero-order valence-electron chi connectivity index (χ0n) is 15.6. The van der Waals surface area contributed by atoms with E-state index in [9.17, 15) is 16.8 Å². The molecular formula is C19H24N3O4S2+. The molecule has 3 rings (SSSR count). The molecule has 1 aliphatic heterocycles. The first kappa shape index (κ1) is 20.5. The van der Waals surface area contributed by atoms with Crippen LogP contribution in [0.2, 0.25) is 0 Å². The van der Waals surface area contributed by atoms with E-state index in [2.05, 4.69) is 4.72 Å².